The normalized spacial score (nSPS) is 40.8. The van der Waals surface area contributed by atoms with Gasteiger partial charge >= 0.3 is 0 Å². The maximum atomic E-state index is 3.47. The van der Waals surface area contributed by atoms with Crippen LogP contribution in [0.2, 0.25) is 0 Å². The molecule has 0 amide bonds. The van der Waals surface area contributed by atoms with E-state index in [0.717, 1.165) is 11.8 Å². The van der Waals surface area contributed by atoms with Crippen LogP contribution >= 0.6 is 23.5 Å². The summed E-state index contributed by atoms with van der Waals surface area (Å²) in [6.07, 6.45) is 0. The van der Waals surface area contributed by atoms with E-state index in [-0.39, 0.29) is 0 Å². The molecule has 0 radical (unpaired) electrons. The Hall–Kier alpha value is 0.660. The standard InChI is InChI=1S/C7H13NS2/c1-6-3-9-5-10-4-7(6)2-8-1/h6-8H,1-5H2/t6-,7-/m0/s1. The van der Waals surface area contributed by atoms with Crippen LogP contribution < -0.4 is 5.32 Å². The first-order chi connectivity index (χ1) is 4.97. The van der Waals surface area contributed by atoms with Gasteiger partial charge in [-0.1, -0.05) is 0 Å². The molecule has 2 aliphatic heterocycles. The molecule has 0 aliphatic carbocycles. The molecule has 1 nitrogen and oxygen atoms in total. The molecule has 2 rings (SSSR count). The highest BCUT2D eigenvalue weighted by Crippen LogP contribution is 2.30. The van der Waals surface area contributed by atoms with Crippen molar-refractivity contribution in [3.05, 3.63) is 0 Å². The van der Waals surface area contributed by atoms with Crippen LogP contribution in [-0.2, 0) is 0 Å². The third-order valence-corrected chi connectivity index (χ3v) is 4.97. The van der Waals surface area contributed by atoms with E-state index in [0.29, 0.717) is 0 Å². The second-order valence-corrected chi connectivity index (χ2v) is 5.46. The molecule has 0 saturated carbocycles. The molecule has 58 valence electrons. The SMILES string of the molecule is C1SC[C@@H]2CNC[C@H]2CS1. The molecule has 0 aromatic heterocycles. The van der Waals surface area contributed by atoms with E-state index in [1.807, 2.05) is 0 Å². The van der Waals surface area contributed by atoms with Crippen LogP contribution in [0.25, 0.3) is 0 Å². The minimum atomic E-state index is 0.986. The van der Waals surface area contributed by atoms with Crippen LogP contribution in [-0.4, -0.2) is 29.7 Å². The second kappa shape index (κ2) is 3.37. The van der Waals surface area contributed by atoms with Crippen LogP contribution in [0.3, 0.4) is 0 Å². The molecule has 2 fully saturated rings. The van der Waals surface area contributed by atoms with Gasteiger partial charge in [0.25, 0.3) is 0 Å². The Labute approximate surface area is 70.7 Å². The predicted molar refractivity (Wildman–Crippen MR) is 49.6 cm³/mol. The van der Waals surface area contributed by atoms with Crippen molar-refractivity contribution in [1.82, 2.24) is 5.32 Å². The largest absolute Gasteiger partial charge is 0.316 e. The van der Waals surface area contributed by atoms with Crippen molar-refractivity contribution in [2.75, 3.05) is 29.7 Å². The molecular weight excluding hydrogens is 162 g/mol. The first kappa shape index (κ1) is 7.32. The van der Waals surface area contributed by atoms with Gasteiger partial charge in [0.15, 0.2) is 0 Å². The third kappa shape index (κ3) is 1.46. The highest BCUT2D eigenvalue weighted by molar-refractivity contribution is 8.16. The van der Waals surface area contributed by atoms with Crippen molar-refractivity contribution in [3.63, 3.8) is 0 Å². The van der Waals surface area contributed by atoms with E-state index in [2.05, 4.69) is 28.8 Å². The number of hydrogen-bond donors (Lipinski definition) is 1. The average molecular weight is 175 g/mol. The lowest BCUT2D eigenvalue weighted by atomic mass is 10.0. The molecule has 2 heterocycles. The number of hydrogen-bond acceptors (Lipinski definition) is 3. The van der Waals surface area contributed by atoms with Gasteiger partial charge in [-0.3, -0.25) is 0 Å². The minimum absolute atomic E-state index is 0.986. The van der Waals surface area contributed by atoms with Gasteiger partial charge in [-0.05, 0) is 36.4 Å². The lowest BCUT2D eigenvalue weighted by Gasteiger charge is -2.11. The van der Waals surface area contributed by atoms with Crippen molar-refractivity contribution >= 4 is 23.5 Å². The van der Waals surface area contributed by atoms with Crippen LogP contribution in [0.5, 0.6) is 0 Å². The maximum absolute atomic E-state index is 3.47. The predicted octanol–water partition coefficient (Wildman–Crippen LogP) is 1.26. The smallest absolute Gasteiger partial charge is 0.0392 e. The summed E-state index contributed by atoms with van der Waals surface area (Å²) in [5.74, 6) is 4.76. The van der Waals surface area contributed by atoms with Crippen LogP contribution in [0.1, 0.15) is 0 Å². The van der Waals surface area contributed by atoms with Gasteiger partial charge in [0.2, 0.25) is 0 Å². The number of rotatable bonds is 0. The van der Waals surface area contributed by atoms with Crippen LogP contribution in [0, 0.1) is 11.8 Å². The Bertz CT molecular complexity index is 106. The van der Waals surface area contributed by atoms with Crippen molar-refractivity contribution in [1.29, 1.82) is 0 Å². The highest BCUT2D eigenvalue weighted by Gasteiger charge is 2.28. The topological polar surface area (TPSA) is 12.0 Å². The molecule has 2 aliphatic rings. The van der Waals surface area contributed by atoms with Gasteiger partial charge in [-0.15, -0.1) is 0 Å². The summed E-state index contributed by atoms with van der Waals surface area (Å²) in [4.78, 5) is 0. The monoisotopic (exact) mass is 175 g/mol. The van der Waals surface area contributed by atoms with E-state index in [1.165, 1.54) is 29.7 Å². The Balaban J connectivity index is 1.95. The molecule has 2 saturated heterocycles. The Morgan fingerprint density at radius 3 is 2.20 bits per heavy atom. The summed E-state index contributed by atoms with van der Waals surface area (Å²) in [6.45, 7) is 2.55. The fourth-order valence-corrected chi connectivity index (χ4v) is 4.26. The molecule has 0 bridgehead atoms. The van der Waals surface area contributed by atoms with Crippen molar-refractivity contribution in [2.24, 2.45) is 11.8 Å². The lowest BCUT2D eigenvalue weighted by molar-refractivity contribution is 0.512. The fourth-order valence-electron chi connectivity index (χ4n) is 1.64. The molecule has 0 spiro atoms. The molecule has 0 aromatic carbocycles. The maximum Gasteiger partial charge on any atom is 0.0392 e. The number of thioether (sulfide) groups is 2. The minimum Gasteiger partial charge on any atom is -0.316 e. The number of fused-ring (bicyclic) bond motifs is 1. The van der Waals surface area contributed by atoms with E-state index in [4.69, 9.17) is 0 Å². The first-order valence-electron chi connectivity index (χ1n) is 3.83. The molecule has 10 heavy (non-hydrogen) atoms. The lowest BCUT2D eigenvalue weighted by Crippen LogP contribution is -2.14. The van der Waals surface area contributed by atoms with Gasteiger partial charge in [0.1, 0.15) is 0 Å². The van der Waals surface area contributed by atoms with E-state index in [9.17, 15) is 0 Å². The quantitative estimate of drug-likeness (QED) is 0.595. The summed E-state index contributed by atoms with van der Waals surface area (Å²) in [5, 5.41) is 4.79. The summed E-state index contributed by atoms with van der Waals surface area (Å²) in [5.41, 5.74) is 0. The average Bonchev–Trinajstić information content (AvgIpc) is 2.28. The first-order valence-corrected chi connectivity index (χ1v) is 6.14. The zero-order valence-electron chi connectivity index (χ0n) is 6.01. The Morgan fingerprint density at radius 2 is 1.60 bits per heavy atom. The second-order valence-electron chi connectivity index (χ2n) is 3.04. The number of nitrogens with one attached hydrogen (secondary N) is 1. The van der Waals surface area contributed by atoms with E-state index in [1.54, 1.807) is 0 Å². The van der Waals surface area contributed by atoms with E-state index >= 15 is 0 Å². The van der Waals surface area contributed by atoms with Gasteiger partial charge in [-0.25, -0.2) is 0 Å². The molecule has 3 heteroatoms. The summed E-state index contributed by atoms with van der Waals surface area (Å²) in [6, 6.07) is 0. The molecule has 1 N–H and O–H groups in total. The summed E-state index contributed by atoms with van der Waals surface area (Å²) >= 11 is 4.23. The third-order valence-electron chi connectivity index (χ3n) is 2.31. The Morgan fingerprint density at radius 1 is 1.00 bits per heavy atom. The molecular formula is C7H13NS2. The van der Waals surface area contributed by atoms with Gasteiger partial charge in [0, 0.05) is 5.08 Å². The van der Waals surface area contributed by atoms with Gasteiger partial charge in [-0.2, -0.15) is 23.5 Å². The molecule has 0 aromatic rings. The molecule has 0 unspecified atom stereocenters. The summed E-state index contributed by atoms with van der Waals surface area (Å²) in [7, 11) is 0. The Kier molecular flexibility index (Phi) is 2.47. The van der Waals surface area contributed by atoms with Crippen molar-refractivity contribution in [3.8, 4) is 0 Å². The fraction of sp³-hybridized carbons (Fsp3) is 1.00. The van der Waals surface area contributed by atoms with Crippen LogP contribution in [0.4, 0.5) is 0 Å². The van der Waals surface area contributed by atoms with Gasteiger partial charge in [0.05, 0.1) is 0 Å². The highest BCUT2D eigenvalue weighted by atomic mass is 32.2. The molecule has 2 atom stereocenters. The zero-order chi connectivity index (χ0) is 6.81. The van der Waals surface area contributed by atoms with Crippen LogP contribution in [0.15, 0.2) is 0 Å². The van der Waals surface area contributed by atoms with Crippen molar-refractivity contribution in [2.45, 2.75) is 0 Å². The van der Waals surface area contributed by atoms with E-state index < -0.39 is 0 Å². The zero-order valence-corrected chi connectivity index (χ0v) is 7.64. The van der Waals surface area contributed by atoms with Crippen molar-refractivity contribution < 1.29 is 0 Å². The summed E-state index contributed by atoms with van der Waals surface area (Å²) < 4.78 is 0. The van der Waals surface area contributed by atoms with Gasteiger partial charge < -0.3 is 5.32 Å².